The van der Waals surface area contributed by atoms with Gasteiger partial charge in [-0.15, -0.1) is 0 Å². The van der Waals surface area contributed by atoms with Crippen LogP contribution in [0.15, 0.2) is 23.1 Å². The van der Waals surface area contributed by atoms with E-state index in [9.17, 15) is 12.8 Å². The molecule has 0 saturated heterocycles. The molecule has 0 saturated carbocycles. The van der Waals surface area contributed by atoms with E-state index in [0.29, 0.717) is 6.42 Å². The molecule has 6 heteroatoms. The van der Waals surface area contributed by atoms with E-state index in [1.807, 2.05) is 6.92 Å². The van der Waals surface area contributed by atoms with Crippen molar-refractivity contribution < 1.29 is 17.9 Å². The fourth-order valence-electron chi connectivity index (χ4n) is 1.94. The molecule has 0 aliphatic carbocycles. The Morgan fingerprint density at radius 2 is 2.00 bits per heavy atom. The van der Waals surface area contributed by atoms with Crippen molar-refractivity contribution >= 4 is 10.0 Å². The van der Waals surface area contributed by atoms with Gasteiger partial charge in [0.05, 0.1) is 11.5 Å². The first-order valence-corrected chi connectivity index (χ1v) is 7.63. The zero-order valence-electron chi connectivity index (χ0n) is 11.4. The first kappa shape index (κ1) is 16.1. The lowest BCUT2D eigenvalue weighted by molar-refractivity contribution is 0.275. The highest BCUT2D eigenvalue weighted by atomic mass is 32.2. The van der Waals surface area contributed by atoms with Gasteiger partial charge in [0, 0.05) is 11.1 Å². The molecule has 0 spiro atoms. The summed E-state index contributed by atoms with van der Waals surface area (Å²) in [7, 11) is -3.72. The van der Waals surface area contributed by atoms with Crippen molar-refractivity contribution in [2.24, 2.45) is 0 Å². The average molecular weight is 289 g/mol. The topological polar surface area (TPSA) is 66.4 Å². The van der Waals surface area contributed by atoms with Gasteiger partial charge in [-0.2, -0.15) is 0 Å². The molecule has 0 amide bonds. The fourth-order valence-corrected chi connectivity index (χ4v) is 3.43. The molecular weight excluding hydrogens is 269 g/mol. The highest BCUT2D eigenvalue weighted by Crippen LogP contribution is 2.19. The van der Waals surface area contributed by atoms with Gasteiger partial charge in [0.25, 0.3) is 0 Å². The van der Waals surface area contributed by atoms with Crippen LogP contribution in [0.2, 0.25) is 0 Å². The molecule has 0 aliphatic rings. The lowest BCUT2D eigenvalue weighted by atomic mass is 10.0. The molecule has 0 aromatic heterocycles. The Bertz CT molecular complexity index is 541. The first-order valence-electron chi connectivity index (χ1n) is 6.15. The van der Waals surface area contributed by atoms with Crippen LogP contribution in [-0.2, 0) is 16.6 Å². The molecule has 0 bridgehead atoms. The van der Waals surface area contributed by atoms with E-state index in [-0.39, 0.29) is 10.5 Å². The number of aliphatic hydroxyl groups excluding tert-OH is 1. The molecule has 108 valence electrons. The van der Waals surface area contributed by atoms with Crippen LogP contribution < -0.4 is 4.72 Å². The van der Waals surface area contributed by atoms with Crippen LogP contribution in [0.25, 0.3) is 0 Å². The summed E-state index contributed by atoms with van der Waals surface area (Å²) >= 11 is 0. The van der Waals surface area contributed by atoms with Crippen molar-refractivity contribution in [3.05, 3.63) is 29.6 Å². The number of benzene rings is 1. The van der Waals surface area contributed by atoms with E-state index in [4.69, 9.17) is 5.11 Å². The van der Waals surface area contributed by atoms with Crippen molar-refractivity contribution in [3.63, 3.8) is 0 Å². The number of hydrogen-bond acceptors (Lipinski definition) is 3. The van der Waals surface area contributed by atoms with Gasteiger partial charge < -0.3 is 5.11 Å². The smallest absolute Gasteiger partial charge is 0.241 e. The first-order chi connectivity index (χ1) is 8.72. The normalized spacial score (nSPS) is 12.7. The molecule has 2 N–H and O–H groups in total. The van der Waals surface area contributed by atoms with Gasteiger partial charge in [0.2, 0.25) is 10.0 Å². The Kier molecular flexibility index (Phi) is 5.06. The summed E-state index contributed by atoms with van der Waals surface area (Å²) in [6.45, 7) is 5.03. The van der Waals surface area contributed by atoms with Crippen LogP contribution >= 0.6 is 0 Å². The maximum atomic E-state index is 13.2. The summed E-state index contributed by atoms with van der Waals surface area (Å²) in [4.78, 5) is -0.0397. The van der Waals surface area contributed by atoms with Crippen molar-refractivity contribution in [3.8, 4) is 0 Å². The zero-order chi connectivity index (χ0) is 14.7. The van der Waals surface area contributed by atoms with Crippen molar-refractivity contribution in [1.29, 1.82) is 0 Å². The highest BCUT2D eigenvalue weighted by molar-refractivity contribution is 7.89. The average Bonchev–Trinajstić information content (AvgIpc) is 2.27. The van der Waals surface area contributed by atoms with Gasteiger partial charge in [0.15, 0.2) is 0 Å². The summed E-state index contributed by atoms with van der Waals surface area (Å²) in [6, 6.07) is 3.39. The molecule has 0 unspecified atom stereocenters. The van der Waals surface area contributed by atoms with E-state index in [0.717, 1.165) is 18.6 Å². The number of nitrogens with one attached hydrogen (secondary N) is 1. The summed E-state index contributed by atoms with van der Waals surface area (Å²) in [5.41, 5.74) is -0.599. The summed E-state index contributed by atoms with van der Waals surface area (Å²) in [6.07, 6.45) is 1.54. The Balaban J connectivity index is 3.07. The number of rotatable bonds is 6. The van der Waals surface area contributed by atoms with E-state index < -0.39 is 28.0 Å². The molecular formula is C13H20FNO3S. The van der Waals surface area contributed by atoms with E-state index in [1.165, 1.54) is 6.07 Å². The Morgan fingerprint density at radius 1 is 1.37 bits per heavy atom. The van der Waals surface area contributed by atoms with Gasteiger partial charge in [-0.3, -0.25) is 0 Å². The molecule has 1 rings (SSSR count). The Morgan fingerprint density at radius 3 is 2.53 bits per heavy atom. The molecule has 0 atom stereocenters. The van der Waals surface area contributed by atoms with E-state index in [1.54, 1.807) is 13.8 Å². The van der Waals surface area contributed by atoms with Crippen molar-refractivity contribution in [2.75, 3.05) is 0 Å². The van der Waals surface area contributed by atoms with E-state index >= 15 is 0 Å². The van der Waals surface area contributed by atoms with Crippen LogP contribution in [-0.4, -0.2) is 19.1 Å². The standard InChI is InChI=1S/C13H20FNO3S/c1-4-7-13(2,3)15-19(17,18)11-5-6-12(14)10(8-11)9-16/h5-6,8,15-16H,4,7,9H2,1-3H3. The number of sulfonamides is 1. The van der Waals surface area contributed by atoms with Crippen LogP contribution in [0, 0.1) is 5.82 Å². The largest absolute Gasteiger partial charge is 0.392 e. The minimum absolute atomic E-state index is 0.0313. The van der Waals surface area contributed by atoms with Crippen molar-refractivity contribution in [2.45, 2.75) is 50.7 Å². The molecule has 0 heterocycles. The second kappa shape index (κ2) is 5.98. The molecule has 0 radical (unpaired) electrons. The molecule has 1 aromatic rings. The monoisotopic (exact) mass is 289 g/mol. The third kappa shape index (κ3) is 4.26. The third-order valence-corrected chi connectivity index (χ3v) is 4.48. The van der Waals surface area contributed by atoms with Crippen LogP contribution in [0.5, 0.6) is 0 Å². The number of hydrogen-bond donors (Lipinski definition) is 2. The number of halogens is 1. The lowest BCUT2D eigenvalue weighted by Crippen LogP contribution is -2.43. The summed E-state index contributed by atoms with van der Waals surface area (Å²) < 4.78 is 40.2. The second-order valence-corrected chi connectivity index (χ2v) is 6.83. The molecule has 19 heavy (non-hydrogen) atoms. The minimum atomic E-state index is -3.72. The zero-order valence-corrected chi connectivity index (χ0v) is 12.2. The fraction of sp³-hybridized carbons (Fsp3) is 0.538. The van der Waals surface area contributed by atoms with Gasteiger partial charge in [-0.05, 0) is 38.5 Å². The Hall–Kier alpha value is -0.980. The SMILES string of the molecule is CCCC(C)(C)NS(=O)(=O)c1ccc(F)c(CO)c1. The molecule has 0 fully saturated rings. The Labute approximate surface area is 113 Å². The predicted octanol–water partition coefficient (Wildman–Crippen LogP) is 2.17. The van der Waals surface area contributed by atoms with Gasteiger partial charge >= 0.3 is 0 Å². The van der Waals surface area contributed by atoms with Gasteiger partial charge in [-0.1, -0.05) is 13.3 Å². The quantitative estimate of drug-likeness (QED) is 0.843. The molecule has 1 aromatic carbocycles. The summed E-state index contributed by atoms with van der Waals surface area (Å²) in [5, 5.41) is 8.97. The van der Waals surface area contributed by atoms with Crippen LogP contribution in [0.3, 0.4) is 0 Å². The van der Waals surface area contributed by atoms with Crippen LogP contribution in [0.1, 0.15) is 39.2 Å². The van der Waals surface area contributed by atoms with Crippen LogP contribution in [0.4, 0.5) is 4.39 Å². The maximum absolute atomic E-state index is 13.2. The highest BCUT2D eigenvalue weighted by Gasteiger charge is 2.25. The van der Waals surface area contributed by atoms with Crippen molar-refractivity contribution in [1.82, 2.24) is 4.72 Å². The molecule has 0 aliphatic heterocycles. The lowest BCUT2D eigenvalue weighted by Gasteiger charge is -2.25. The van der Waals surface area contributed by atoms with Gasteiger partial charge in [0.1, 0.15) is 5.82 Å². The second-order valence-electron chi connectivity index (χ2n) is 5.15. The molecule has 4 nitrogen and oxygen atoms in total. The van der Waals surface area contributed by atoms with E-state index in [2.05, 4.69) is 4.72 Å². The minimum Gasteiger partial charge on any atom is -0.392 e. The number of aliphatic hydroxyl groups is 1. The third-order valence-electron chi connectivity index (χ3n) is 2.78. The van der Waals surface area contributed by atoms with Gasteiger partial charge in [-0.25, -0.2) is 17.5 Å². The maximum Gasteiger partial charge on any atom is 0.241 e. The summed E-state index contributed by atoms with van der Waals surface area (Å²) in [5.74, 6) is -0.616. The predicted molar refractivity (Wildman–Crippen MR) is 71.6 cm³/mol.